The van der Waals surface area contributed by atoms with Crippen LogP contribution in [0.3, 0.4) is 0 Å². The number of hydrogen-bond acceptors (Lipinski definition) is 3. The summed E-state index contributed by atoms with van der Waals surface area (Å²) in [5.74, 6) is 0.763. The van der Waals surface area contributed by atoms with Gasteiger partial charge in [-0.15, -0.1) is 0 Å². The molecular weight excluding hydrogens is 262 g/mol. The topological polar surface area (TPSA) is 44.4 Å². The molecule has 1 aromatic carbocycles. The van der Waals surface area contributed by atoms with Gasteiger partial charge in [0.05, 0.1) is 0 Å². The second-order valence-corrected chi connectivity index (χ2v) is 6.59. The molecule has 0 spiro atoms. The van der Waals surface area contributed by atoms with Crippen molar-refractivity contribution < 1.29 is 4.79 Å². The van der Waals surface area contributed by atoms with Gasteiger partial charge < -0.3 is 15.5 Å². The Labute approximate surface area is 126 Å². The second kappa shape index (κ2) is 5.68. The highest BCUT2D eigenvalue weighted by atomic mass is 16.2. The molecule has 1 fully saturated rings. The van der Waals surface area contributed by atoms with Crippen molar-refractivity contribution >= 4 is 17.3 Å². The molecule has 2 aliphatic rings. The standard InChI is InChI=1S/C17H25N3O/c1-11(2)8-9-20(12-4-5-12)13-6-7-14-15(10-13)19-17(21)16(14)18-3/h6-7,10-12,16,18H,4-5,8-9H2,1-3H3,(H,19,21). The van der Waals surface area contributed by atoms with Gasteiger partial charge in [-0.3, -0.25) is 4.79 Å². The molecule has 0 saturated heterocycles. The number of nitrogens with zero attached hydrogens (tertiary/aromatic N) is 1. The Kier molecular flexibility index (Phi) is 3.89. The van der Waals surface area contributed by atoms with Crippen LogP contribution < -0.4 is 15.5 Å². The normalized spacial score (nSPS) is 20.6. The highest BCUT2D eigenvalue weighted by Gasteiger charge is 2.32. The zero-order valence-corrected chi connectivity index (χ0v) is 13.1. The number of nitrogens with one attached hydrogen (secondary N) is 2. The largest absolute Gasteiger partial charge is 0.368 e. The Morgan fingerprint density at radius 1 is 1.38 bits per heavy atom. The SMILES string of the molecule is CNC1C(=O)Nc2cc(N(CCC(C)C)C3CC3)ccc21. The zero-order valence-electron chi connectivity index (χ0n) is 13.1. The maximum atomic E-state index is 11.9. The molecule has 0 aromatic heterocycles. The number of fused-ring (bicyclic) bond motifs is 1. The summed E-state index contributed by atoms with van der Waals surface area (Å²) in [7, 11) is 1.83. The molecule has 1 aliphatic heterocycles. The number of carbonyl (C=O) groups is 1. The van der Waals surface area contributed by atoms with E-state index in [2.05, 4.69) is 47.6 Å². The third-order valence-electron chi connectivity index (χ3n) is 4.42. The first kappa shape index (κ1) is 14.4. The number of hydrogen-bond donors (Lipinski definition) is 2. The summed E-state index contributed by atoms with van der Waals surface area (Å²) in [6.45, 7) is 5.64. The Morgan fingerprint density at radius 2 is 2.14 bits per heavy atom. The zero-order chi connectivity index (χ0) is 15.0. The molecule has 0 bridgehead atoms. The van der Waals surface area contributed by atoms with E-state index in [1.807, 2.05) is 7.05 Å². The maximum Gasteiger partial charge on any atom is 0.246 e. The van der Waals surface area contributed by atoms with Crippen molar-refractivity contribution in [3.63, 3.8) is 0 Å². The Bertz CT molecular complexity index is 537. The average Bonchev–Trinajstić information content (AvgIpc) is 3.21. The van der Waals surface area contributed by atoms with Gasteiger partial charge in [0.25, 0.3) is 0 Å². The summed E-state index contributed by atoms with van der Waals surface area (Å²) >= 11 is 0. The van der Waals surface area contributed by atoms with Crippen molar-refractivity contribution in [2.24, 2.45) is 5.92 Å². The van der Waals surface area contributed by atoms with Gasteiger partial charge in [0.2, 0.25) is 5.91 Å². The number of carbonyl (C=O) groups excluding carboxylic acids is 1. The van der Waals surface area contributed by atoms with Crippen LogP contribution in [0.2, 0.25) is 0 Å². The first-order chi connectivity index (χ1) is 10.1. The van der Waals surface area contributed by atoms with Crippen molar-refractivity contribution in [2.45, 2.75) is 45.2 Å². The molecule has 4 nitrogen and oxygen atoms in total. The molecule has 21 heavy (non-hydrogen) atoms. The third kappa shape index (κ3) is 2.91. The van der Waals surface area contributed by atoms with Crippen LogP contribution in [0.5, 0.6) is 0 Å². The molecule has 4 heteroatoms. The van der Waals surface area contributed by atoms with E-state index in [1.165, 1.54) is 24.9 Å². The van der Waals surface area contributed by atoms with Crippen molar-refractivity contribution in [1.82, 2.24) is 5.32 Å². The van der Waals surface area contributed by atoms with Crippen LogP contribution in [-0.4, -0.2) is 25.5 Å². The maximum absolute atomic E-state index is 11.9. The van der Waals surface area contributed by atoms with E-state index in [1.54, 1.807) is 0 Å². The molecule has 1 atom stereocenters. The third-order valence-corrected chi connectivity index (χ3v) is 4.42. The number of anilines is 2. The molecule has 1 saturated carbocycles. The van der Waals surface area contributed by atoms with Crippen LogP contribution in [0.15, 0.2) is 18.2 Å². The quantitative estimate of drug-likeness (QED) is 0.845. The van der Waals surface area contributed by atoms with E-state index in [4.69, 9.17) is 0 Å². The van der Waals surface area contributed by atoms with Gasteiger partial charge in [-0.05, 0) is 44.4 Å². The lowest BCUT2D eigenvalue weighted by Gasteiger charge is -2.26. The average molecular weight is 287 g/mol. The number of benzene rings is 1. The van der Waals surface area contributed by atoms with E-state index < -0.39 is 0 Å². The van der Waals surface area contributed by atoms with Crippen LogP contribution in [0.4, 0.5) is 11.4 Å². The van der Waals surface area contributed by atoms with Gasteiger partial charge >= 0.3 is 0 Å². The highest BCUT2D eigenvalue weighted by molar-refractivity contribution is 6.03. The molecule has 114 valence electrons. The van der Waals surface area contributed by atoms with Gasteiger partial charge in [-0.1, -0.05) is 19.9 Å². The minimum Gasteiger partial charge on any atom is -0.368 e. The van der Waals surface area contributed by atoms with E-state index in [0.29, 0.717) is 12.0 Å². The minimum atomic E-state index is -0.209. The fourth-order valence-electron chi connectivity index (χ4n) is 3.02. The first-order valence-corrected chi connectivity index (χ1v) is 7.99. The number of rotatable bonds is 6. The minimum absolute atomic E-state index is 0.0461. The van der Waals surface area contributed by atoms with Crippen LogP contribution in [-0.2, 0) is 4.79 Å². The highest BCUT2D eigenvalue weighted by Crippen LogP contribution is 2.37. The molecule has 1 aliphatic carbocycles. The summed E-state index contributed by atoms with van der Waals surface area (Å²) in [6, 6.07) is 6.89. The van der Waals surface area contributed by atoms with Crippen LogP contribution in [0.25, 0.3) is 0 Å². The number of likely N-dealkylation sites (N-methyl/N-ethyl adjacent to an activating group) is 1. The first-order valence-electron chi connectivity index (χ1n) is 7.99. The lowest BCUT2D eigenvalue weighted by Crippen LogP contribution is -2.27. The van der Waals surface area contributed by atoms with Gasteiger partial charge in [-0.25, -0.2) is 0 Å². The lowest BCUT2D eigenvalue weighted by molar-refractivity contribution is -0.117. The summed E-state index contributed by atoms with van der Waals surface area (Å²) in [6.07, 6.45) is 3.79. The number of amides is 1. The lowest BCUT2D eigenvalue weighted by atomic mass is 10.1. The van der Waals surface area contributed by atoms with E-state index in [9.17, 15) is 4.79 Å². The molecule has 1 unspecified atom stereocenters. The molecule has 3 rings (SSSR count). The second-order valence-electron chi connectivity index (χ2n) is 6.59. The predicted octanol–water partition coefficient (Wildman–Crippen LogP) is 2.91. The fraction of sp³-hybridized carbons (Fsp3) is 0.588. The van der Waals surface area contributed by atoms with Gasteiger partial charge in [0.15, 0.2) is 0 Å². The molecule has 1 amide bonds. The van der Waals surface area contributed by atoms with Gasteiger partial charge in [-0.2, -0.15) is 0 Å². The Balaban J connectivity index is 1.82. The molecule has 1 heterocycles. The van der Waals surface area contributed by atoms with E-state index in [0.717, 1.165) is 17.8 Å². The summed E-state index contributed by atoms with van der Waals surface area (Å²) in [5, 5.41) is 6.06. The van der Waals surface area contributed by atoms with E-state index >= 15 is 0 Å². The summed E-state index contributed by atoms with van der Waals surface area (Å²) in [5.41, 5.74) is 3.27. The van der Waals surface area contributed by atoms with Crippen LogP contribution in [0, 0.1) is 5.92 Å². The van der Waals surface area contributed by atoms with Gasteiger partial charge in [0, 0.05) is 29.5 Å². The van der Waals surface area contributed by atoms with E-state index in [-0.39, 0.29) is 11.9 Å². The predicted molar refractivity (Wildman–Crippen MR) is 86.7 cm³/mol. The molecule has 2 N–H and O–H groups in total. The van der Waals surface area contributed by atoms with Crippen molar-refractivity contribution in [2.75, 3.05) is 23.8 Å². The van der Waals surface area contributed by atoms with Crippen molar-refractivity contribution in [1.29, 1.82) is 0 Å². The summed E-state index contributed by atoms with van der Waals surface area (Å²) in [4.78, 5) is 14.4. The van der Waals surface area contributed by atoms with Crippen LogP contribution >= 0.6 is 0 Å². The smallest absolute Gasteiger partial charge is 0.246 e. The fourth-order valence-corrected chi connectivity index (χ4v) is 3.02. The Hall–Kier alpha value is -1.55. The van der Waals surface area contributed by atoms with Gasteiger partial charge in [0.1, 0.15) is 6.04 Å². The molecule has 0 radical (unpaired) electrons. The Morgan fingerprint density at radius 3 is 2.76 bits per heavy atom. The monoisotopic (exact) mass is 287 g/mol. The summed E-state index contributed by atoms with van der Waals surface area (Å²) < 4.78 is 0. The van der Waals surface area contributed by atoms with Crippen molar-refractivity contribution in [3.8, 4) is 0 Å². The van der Waals surface area contributed by atoms with Crippen molar-refractivity contribution in [3.05, 3.63) is 23.8 Å². The molecule has 1 aromatic rings. The van der Waals surface area contributed by atoms with Crippen LogP contribution in [0.1, 0.15) is 44.7 Å². The molecular formula is C17H25N3O.